The lowest BCUT2D eigenvalue weighted by molar-refractivity contribution is -0.134. The van der Waals surface area contributed by atoms with E-state index in [2.05, 4.69) is 13.8 Å². The van der Waals surface area contributed by atoms with Gasteiger partial charge in [0.15, 0.2) is 5.16 Å². The van der Waals surface area contributed by atoms with Crippen LogP contribution in [0, 0.1) is 0 Å². The Hall–Kier alpha value is -1.34. The standard InChI is InChI=1S/C20H27N3O2S2/c1-12-7-6-8-13(2)23(12)16(24)11-26-20-21-18-17(19(25)22(20)3)14-9-4-5-10-15(14)27-18/h12-13H,4-11H2,1-3H3/t12-,13-/m0/s1. The summed E-state index contributed by atoms with van der Waals surface area (Å²) in [4.78, 5) is 34.7. The highest BCUT2D eigenvalue weighted by Crippen LogP contribution is 2.34. The zero-order chi connectivity index (χ0) is 19.1. The third-order valence-electron chi connectivity index (χ3n) is 5.96. The maximum absolute atomic E-state index is 13.0. The van der Waals surface area contributed by atoms with Crippen molar-refractivity contribution in [1.29, 1.82) is 0 Å². The smallest absolute Gasteiger partial charge is 0.262 e. The van der Waals surface area contributed by atoms with E-state index in [9.17, 15) is 9.59 Å². The molecule has 0 bridgehead atoms. The highest BCUT2D eigenvalue weighted by Gasteiger charge is 2.29. The summed E-state index contributed by atoms with van der Waals surface area (Å²) >= 11 is 3.06. The lowest BCUT2D eigenvalue weighted by Gasteiger charge is -2.39. The SMILES string of the molecule is C[C@H]1CCC[C@H](C)N1C(=O)CSc1nc2sc3c(c2c(=O)n1C)CCCC3. The van der Waals surface area contributed by atoms with Gasteiger partial charge in [0, 0.05) is 24.0 Å². The molecule has 1 aliphatic heterocycles. The number of thiophene rings is 1. The molecule has 2 aromatic rings. The molecule has 0 N–H and O–H groups in total. The molecular weight excluding hydrogens is 378 g/mol. The summed E-state index contributed by atoms with van der Waals surface area (Å²) in [6.07, 6.45) is 7.73. The van der Waals surface area contributed by atoms with Crippen molar-refractivity contribution in [3.8, 4) is 0 Å². The molecule has 1 fully saturated rings. The van der Waals surface area contributed by atoms with Crippen molar-refractivity contribution in [3.63, 3.8) is 0 Å². The maximum Gasteiger partial charge on any atom is 0.262 e. The van der Waals surface area contributed by atoms with E-state index >= 15 is 0 Å². The molecule has 2 aliphatic rings. The van der Waals surface area contributed by atoms with Crippen LogP contribution in [0.5, 0.6) is 0 Å². The second kappa shape index (κ2) is 7.59. The molecule has 2 aromatic heterocycles. The Morgan fingerprint density at radius 1 is 1.19 bits per heavy atom. The molecule has 0 spiro atoms. The lowest BCUT2D eigenvalue weighted by Crippen LogP contribution is -2.48. The first kappa shape index (κ1) is 19.0. The number of carbonyl (C=O) groups excluding carboxylic acids is 1. The summed E-state index contributed by atoms with van der Waals surface area (Å²) < 4.78 is 1.63. The van der Waals surface area contributed by atoms with Crippen molar-refractivity contribution >= 4 is 39.2 Å². The Balaban J connectivity index is 1.58. The van der Waals surface area contributed by atoms with E-state index < -0.39 is 0 Å². The normalized spacial score (nSPS) is 22.9. The van der Waals surface area contributed by atoms with Gasteiger partial charge in [0.2, 0.25) is 5.91 Å². The molecular formula is C20H27N3O2S2. The van der Waals surface area contributed by atoms with Crippen molar-refractivity contribution in [3.05, 3.63) is 20.8 Å². The number of hydrogen-bond acceptors (Lipinski definition) is 5. The van der Waals surface area contributed by atoms with E-state index in [1.807, 2.05) is 4.90 Å². The van der Waals surface area contributed by atoms with Crippen LogP contribution in [-0.4, -0.2) is 38.2 Å². The fraction of sp³-hybridized carbons (Fsp3) is 0.650. The number of piperidine rings is 1. The van der Waals surface area contributed by atoms with E-state index in [-0.39, 0.29) is 11.5 Å². The predicted octanol–water partition coefficient (Wildman–Crippen LogP) is 3.76. The van der Waals surface area contributed by atoms with Gasteiger partial charge in [-0.05, 0) is 64.4 Å². The van der Waals surface area contributed by atoms with Crippen molar-refractivity contribution in [2.75, 3.05) is 5.75 Å². The van der Waals surface area contributed by atoms with E-state index in [0.717, 1.165) is 42.3 Å². The average Bonchev–Trinajstić information content (AvgIpc) is 3.01. The molecule has 146 valence electrons. The number of hydrogen-bond donors (Lipinski definition) is 0. The predicted molar refractivity (Wildman–Crippen MR) is 112 cm³/mol. The third kappa shape index (κ3) is 3.44. The molecule has 1 aliphatic carbocycles. The van der Waals surface area contributed by atoms with Crippen LogP contribution in [-0.2, 0) is 24.7 Å². The number of fused-ring (bicyclic) bond motifs is 3. The van der Waals surface area contributed by atoms with E-state index in [0.29, 0.717) is 23.0 Å². The summed E-state index contributed by atoms with van der Waals surface area (Å²) in [6.45, 7) is 4.27. The van der Waals surface area contributed by atoms with Gasteiger partial charge in [0.1, 0.15) is 4.83 Å². The van der Waals surface area contributed by atoms with Crippen LogP contribution in [0.2, 0.25) is 0 Å². The number of aryl methyl sites for hydroxylation is 2. The zero-order valence-corrected chi connectivity index (χ0v) is 17.9. The number of thioether (sulfide) groups is 1. The van der Waals surface area contributed by atoms with Crippen LogP contribution in [0.3, 0.4) is 0 Å². The first-order valence-electron chi connectivity index (χ1n) is 9.92. The molecule has 0 saturated carbocycles. The van der Waals surface area contributed by atoms with Crippen molar-refractivity contribution in [2.45, 2.75) is 76.0 Å². The highest BCUT2D eigenvalue weighted by molar-refractivity contribution is 7.99. The molecule has 0 radical (unpaired) electrons. The largest absolute Gasteiger partial charge is 0.337 e. The summed E-state index contributed by atoms with van der Waals surface area (Å²) in [5.41, 5.74) is 1.26. The van der Waals surface area contributed by atoms with Crippen molar-refractivity contribution < 1.29 is 4.79 Å². The molecule has 1 saturated heterocycles. The minimum atomic E-state index is 0.0362. The van der Waals surface area contributed by atoms with Crippen LogP contribution >= 0.6 is 23.1 Å². The molecule has 5 nitrogen and oxygen atoms in total. The van der Waals surface area contributed by atoms with Gasteiger partial charge >= 0.3 is 0 Å². The summed E-state index contributed by atoms with van der Waals surface area (Å²) in [5, 5.41) is 1.46. The first-order chi connectivity index (χ1) is 13.0. The average molecular weight is 406 g/mol. The van der Waals surface area contributed by atoms with Gasteiger partial charge in [0.25, 0.3) is 5.56 Å². The topological polar surface area (TPSA) is 55.2 Å². The van der Waals surface area contributed by atoms with Crippen LogP contribution < -0.4 is 5.56 Å². The van der Waals surface area contributed by atoms with Gasteiger partial charge in [-0.3, -0.25) is 14.2 Å². The molecule has 1 amide bonds. The van der Waals surface area contributed by atoms with Crippen LogP contribution in [0.15, 0.2) is 9.95 Å². The van der Waals surface area contributed by atoms with Gasteiger partial charge < -0.3 is 4.90 Å². The maximum atomic E-state index is 13.0. The van der Waals surface area contributed by atoms with E-state index in [1.165, 1.54) is 35.0 Å². The molecule has 0 aromatic carbocycles. The van der Waals surface area contributed by atoms with Gasteiger partial charge in [0.05, 0.1) is 11.1 Å². The second-order valence-electron chi connectivity index (χ2n) is 7.87. The molecule has 7 heteroatoms. The Bertz CT molecular complexity index is 923. The Kier molecular flexibility index (Phi) is 5.34. The molecule has 3 heterocycles. The number of likely N-dealkylation sites (tertiary alicyclic amines) is 1. The Morgan fingerprint density at radius 3 is 2.63 bits per heavy atom. The van der Waals surface area contributed by atoms with Gasteiger partial charge in [-0.1, -0.05) is 11.8 Å². The second-order valence-corrected chi connectivity index (χ2v) is 9.89. The highest BCUT2D eigenvalue weighted by atomic mass is 32.2. The summed E-state index contributed by atoms with van der Waals surface area (Å²) in [5.74, 6) is 0.491. The quantitative estimate of drug-likeness (QED) is 0.576. The number of carbonyl (C=O) groups is 1. The summed E-state index contributed by atoms with van der Waals surface area (Å²) in [6, 6.07) is 0.593. The fourth-order valence-corrected chi connectivity index (χ4v) is 6.65. The Morgan fingerprint density at radius 2 is 1.89 bits per heavy atom. The van der Waals surface area contributed by atoms with Gasteiger partial charge in [-0.2, -0.15) is 0 Å². The van der Waals surface area contributed by atoms with Crippen LogP contribution in [0.4, 0.5) is 0 Å². The minimum Gasteiger partial charge on any atom is -0.337 e. The fourth-order valence-electron chi connectivity index (χ4n) is 4.51. The number of nitrogens with zero attached hydrogens (tertiary/aromatic N) is 3. The molecule has 27 heavy (non-hydrogen) atoms. The minimum absolute atomic E-state index is 0.0362. The van der Waals surface area contributed by atoms with Crippen LogP contribution in [0.25, 0.3) is 10.2 Å². The molecule has 0 unspecified atom stereocenters. The summed E-state index contributed by atoms with van der Waals surface area (Å²) in [7, 11) is 1.78. The number of rotatable bonds is 3. The van der Waals surface area contributed by atoms with Crippen molar-refractivity contribution in [1.82, 2.24) is 14.5 Å². The first-order valence-corrected chi connectivity index (χ1v) is 11.7. The third-order valence-corrected chi connectivity index (χ3v) is 8.16. The zero-order valence-electron chi connectivity index (χ0n) is 16.3. The van der Waals surface area contributed by atoms with Gasteiger partial charge in [-0.15, -0.1) is 11.3 Å². The molecule has 4 rings (SSSR count). The number of aromatic nitrogens is 2. The van der Waals surface area contributed by atoms with Crippen LogP contribution in [0.1, 0.15) is 56.4 Å². The van der Waals surface area contributed by atoms with E-state index in [4.69, 9.17) is 4.98 Å². The molecule has 2 atom stereocenters. The van der Waals surface area contributed by atoms with Gasteiger partial charge in [-0.25, -0.2) is 4.98 Å². The number of amides is 1. The van der Waals surface area contributed by atoms with E-state index in [1.54, 1.807) is 23.0 Å². The van der Waals surface area contributed by atoms with Crippen molar-refractivity contribution in [2.24, 2.45) is 7.05 Å². The Labute approximate surface area is 168 Å². The lowest BCUT2D eigenvalue weighted by atomic mass is 9.97. The monoisotopic (exact) mass is 405 g/mol.